The molecule has 0 radical (unpaired) electrons. The second-order valence-electron chi connectivity index (χ2n) is 6.00. The zero-order valence-corrected chi connectivity index (χ0v) is 14.9. The number of aryl methyl sites for hydroxylation is 1. The van der Waals surface area contributed by atoms with E-state index in [1.807, 2.05) is 0 Å². The van der Waals surface area contributed by atoms with Crippen LogP contribution in [0.1, 0.15) is 16.7 Å². The number of thioether (sulfide) groups is 1. The van der Waals surface area contributed by atoms with Crippen LogP contribution in [0.3, 0.4) is 0 Å². The molecule has 0 N–H and O–H groups in total. The van der Waals surface area contributed by atoms with Gasteiger partial charge in [0.15, 0.2) is 11.2 Å². The summed E-state index contributed by atoms with van der Waals surface area (Å²) in [6.45, 7) is 2.56. The number of rotatable bonds is 5. The first kappa shape index (κ1) is 16.7. The highest BCUT2D eigenvalue weighted by atomic mass is 32.2. The lowest BCUT2D eigenvalue weighted by atomic mass is 10.2. The highest BCUT2D eigenvalue weighted by Crippen LogP contribution is 2.26. The third kappa shape index (κ3) is 3.57. The van der Waals surface area contributed by atoms with Gasteiger partial charge in [0.25, 0.3) is 0 Å². The predicted molar refractivity (Wildman–Crippen MR) is 99.4 cm³/mol. The van der Waals surface area contributed by atoms with Crippen LogP contribution < -0.4 is 0 Å². The molecule has 0 unspecified atom stereocenters. The van der Waals surface area contributed by atoms with Crippen molar-refractivity contribution in [2.24, 2.45) is 0 Å². The fourth-order valence-corrected chi connectivity index (χ4v) is 3.47. The summed E-state index contributed by atoms with van der Waals surface area (Å²) >= 11 is 1.61. The average Bonchev–Trinajstić information content (AvgIpc) is 3.07. The summed E-state index contributed by atoms with van der Waals surface area (Å²) in [7, 11) is 0. The molecule has 0 aliphatic rings. The molecule has 7 heteroatoms. The van der Waals surface area contributed by atoms with Crippen molar-refractivity contribution in [2.75, 3.05) is 0 Å². The van der Waals surface area contributed by atoms with Gasteiger partial charge in [-0.25, -0.2) is 19.0 Å². The second kappa shape index (κ2) is 7.21. The molecule has 130 valence electrons. The Morgan fingerprint density at radius 2 is 1.69 bits per heavy atom. The monoisotopic (exact) mass is 365 g/mol. The molecule has 0 aliphatic heterocycles. The second-order valence-corrected chi connectivity index (χ2v) is 6.96. The van der Waals surface area contributed by atoms with Crippen molar-refractivity contribution in [1.29, 1.82) is 0 Å². The van der Waals surface area contributed by atoms with E-state index in [1.165, 1.54) is 29.6 Å². The lowest BCUT2D eigenvalue weighted by molar-refractivity contribution is 0.623. The van der Waals surface area contributed by atoms with E-state index in [-0.39, 0.29) is 5.82 Å². The van der Waals surface area contributed by atoms with Crippen LogP contribution in [0.4, 0.5) is 4.39 Å². The fourth-order valence-electron chi connectivity index (χ4n) is 2.58. The van der Waals surface area contributed by atoms with E-state index in [0.29, 0.717) is 17.7 Å². The largest absolute Gasteiger partial charge is 0.227 e. The summed E-state index contributed by atoms with van der Waals surface area (Å²) in [5.41, 5.74) is 4.77. The van der Waals surface area contributed by atoms with Gasteiger partial charge in [-0.05, 0) is 30.2 Å². The fraction of sp³-hybridized carbons (Fsp3) is 0.158. The highest BCUT2D eigenvalue weighted by molar-refractivity contribution is 7.98. The SMILES string of the molecule is Cc1ccc(CSc2ncnc3c2nnn3Cc2ccc(F)cc2)cc1. The number of halogens is 1. The molecule has 0 aliphatic carbocycles. The average molecular weight is 365 g/mol. The minimum Gasteiger partial charge on any atom is -0.227 e. The molecule has 0 fully saturated rings. The Balaban J connectivity index is 1.56. The zero-order valence-electron chi connectivity index (χ0n) is 14.1. The third-order valence-corrected chi connectivity index (χ3v) is 5.06. The van der Waals surface area contributed by atoms with Crippen molar-refractivity contribution >= 4 is 22.9 Å². The molecule has 26 heavy (non-hydrogen) atoms. The number of hydrogen-bond donors (Lipinski definition) is 0. The predicted octanol–water partition coefficient (Wildman–Crippen LogP) is 4.01. The molecule has 0 saturated heterocycles. The maximum atomic E-state index is 13.1. The molecule has 0 amide bonds. The molecular formula is C19H16FN5S. The standard InChI is InChI=1S/C19H16FN5S/c1-13-2-4-15(5-3-13)11-26-19-17-18(21-12-22-19)25(24-23-17)10-14-6-8-16(20)9-7-14/h2-9,12H,10-11H2,1H3. The first-order valence-corrected chi connectivity index (χ1v) is 9.14. The Bertz CT molecular complexity index is 1030. The quantitative estimate of drug-likeness (QED) is 0.395. The van der Waals surface area contributed by atoms with Crippen molar-refractivity contribution in [1.82, 2.24) is 25.0 Å². The van der Waals surface area contributed by atoms with Gasteiger partial charge in [0.1, 0.15) is 17.2 Å². The van der Waals surface area contributed by atoms with Crippen LogP contribution in [0.15, 0.2) is 59.9 Å². The van der Waals surface area contributed by atoms with Gasteiger partial charge >= 0.3 is 0 Å². The van der Waals surface area contributed by atoms with Crippen molar-refractivity contribution < 1.29 is 4.39 Å². The van der Waals surface area contributed by atoms with E-state index >= 15 is 0 Å². The molecular weight excluding hydrogens is 349 g/mol. The first-order chi connectivity index (χ1) is 12.7. The summed E-state index contributed by atoms with van der Waals surface area (Å²) in [4.78, 5) is 8.68. The van der Waals surface area contributed by atoms with Crippen molar-refractivity contribution in [2.45, 2.75) is 24.2 Å². The third-order valence-electron chi connectivity index (χ3n) is 4.01. The van der Waals surface area contributed by atoms with E-state index in [2.05, 4.69) is 51.5 Å². The highest BCUT2D eigenvalue weighted by Gasteiger charge is 2.12. The number of benzene rings is 2. The Kier molecular flexibility index (Phi) is 4.62. The lowest BCUT2D eigenvalue weighted by Gasteiger charge is -2.04. The summed E-state index contributed by atoms with van der Waals surface area (Å²) in [5.74, 6) is 0.548. The van der Waals surface area contributed by atoms with Gasteiger partial charge in [0.05, 0.1) is 6.54 Å². The molecule has 2 heterocycles. The van der Waals surface area contributed by atoms with Gasteiger partial charge in [-0.1, -0.05) is 58.9 Å². The molecule has 0 saturated carbocycles. The van der Waals surface area contributed by atoms with E-state index in [0.717, 1.165) is 16.3 Å². The summed E-state index contributed by atoms with van der Waals surface area (Å²) in [6.07, 6.45) is 1.53. The minimum atomic E-state index is -0.255. The molecule has 2 aromatic heterocycles. The summed E-state index contributed by atoms with van der Waals surface area (Å²) in [6, 6.07) is 14.8. The molecule has 5 nitrogen and oxygen atoms in total. The van der Waals surface area contributed by atoms with Crippen molar-refractivity contribution in [3.63, 3.8) is 0 Å². The van der Waals surface area contributed by atoms with Crippen LogP contribution in [0, 0.1) is 12.7 Å². The Morgan fingerprint density at radius 1 is 0.962 bits per heavy atom. The van der Waals surface area contributed by atoms with Crippen LogP contribution in [-0.4, -0.2) is 25.0 Å². The van der Waals surface area contributed by atoms with Crippen LogP contribution in [0.25, 0.3) is 11.2 Å². The van der Waals surface area contributed by atoms with Crippen molar-refractivity contribution in [3.8, 4) is 0 Å². The normalized spacial score (nSPS) is 11.2. The number of aromatic nitrogens is 5. The molecule has 4 rings (SSSR count). The van der Waals surface area contributed by atoms with Gasteiger partial charge in [-0.3, -0.25) is 0 Å². The summed E-state index contributed by atoms with van der Waals surface area (Å²) in [5, 5.41) is 9.26. The maximum absolute atomic E-state index is 13.1. The van der Waals surface area contributed by atoms with Gasteiger partial charge in [-0.2, -0.15) is 0 Å². The van der Waals surface area contributed by atoms with Gasteiger partial charge in [-0.15, -0.1) is 5.10 Å². The number of fused-ring (bicyclic) bond motifs is 1. The van der Waals surface area contributed by atoms with Crippen LogP contribution in [0.5, 0.6) is 0 Å². The maximum Gasteiger partial charge on any atom is 0.183 e. The number of hydrogen-bond acceptors (Lipinski definition) is 5. The molecule has 0 bridgehead atoms. The van der Waals surface area contributed by atoms with E-state index in [4.69, 9.17) is 0 Å². The smallest absolute Gasteiger partial charge is 0.183 e. The Labute approximate surface area is 154 Å². The minimum absolute atomic E-state index is 0.255. The molecule has 0 spiro atoms. The number of nitrogens with zero attached hydrogens (tertiary/aromatic N) is 5. The van der Waals surface area contributed by atoms with E-state index in [1.54, 1.807) is 28.6 Å². The lowest BCUT2D eigenvalue weighted by Crippen LogP contribution is -2.03. The Morgan fingerprint density at radius 3 is 2.46 bits per heavy atom. The van der Waals surface area contributed by atoms with E-state index in [9.17, 15) is 4.39 Å². The van der Waals surface area contributed by atoms with Crippen LogP contribution in [0.2, 0.25) is 0 Å². The summed E-state index contributed by atoms with van der Waals surface area (Å²) < 4.78 is 14.8. The zero-order chi connectivity index (χ0) is 17.9. The van der Waals surface area contributed by atoms with Gasteiger partial charge in [0.2, 0.25) is 0 Å². The molecule has 2 aromatic carbocycles. The van der Waals surface area contributed by atoms with Gasteiger partial charge in [0, 0.05) is 5.75 Å². The molecule has 4 aromatic rings. The van der Waals surface area contributed by atoms with Gasteiger partial charge < -0.3 is 0 Å². The topological polar surface area (TPSA) is 56.5 Å². The van der Waals surface area contributed by atoms with Crippen LogP contribution in [-0.2, 0) is 12.3 Å². The molecule has 0 atom stereocenters. The van der Waals surface area contributed by atoms with Crippen molar-refractivity contribution in [3.05, 3.63) is 77.4 Å². The van der Waals surface area contributed by atoms with E-state index < -0.39 is 0 Å². The first-order valence-electron chi connectivity index (χ1n) is 8.16. The van der Waals surface area contributed by atoms with Crippen LogP contribution >= 0.6 is 11.8 Å². The Hall–Kier alpha value is -2.80.